The molecule has 1 amide bonds. The van der Waals surface area contributed by atoms with Gasteiger partial charge in [-0.2, -0.15) is 0 Å². The highest BCUT2D eigenvalue weighted by Crippen LogP contribution is 2.35. The number of aromatic nitrogens is 1. The van der Waals surface area contributed by atoms with Crippen molar-refractivity contribution in [1.29, 1.82) is 0 Å². The van der Waals surface area contributed by atoms with Crippen molar-refractivity contribution in [2.75, 3.05) is 24.3 Å². The largest absolute Gasteiger partial charge is 0.378 e. The number of fused-ring (bicyclic) bond motifs is 1. The van der Waals surface area contributed by atoms with Crippen LogP contribution < -0.4 is 15.8 Å². The van der Waals surface area contributed by atoms with Gasteiger partial charge in [-0.1, -0.05) is 32.0 Å². The number of carbonyl (C=O) groups excluding carboxylic acids is 2. The molecule has 0 saturated carbocycles. The molecule has 0 bridgehead atoms. The number of para-hydroxylation sites is 1. The van der Waals surface area contributed by atoms with E-state index in [-0.39, 0.29) is 16.8 Å². The molecule has 6 nitrogen and oxygen atoms in total. The summed E-state index contributed by atoms with van der Waals surface area (Å²) in [7, 11) is 3.87. The summed E-state index contributed by atoms with van der Waals surface area (Å²) < 4.78 is 1.53. The molecule has 0 radical (unpaired) electrons. The minimum Gasteiger partial charge on any atom is -0.378 e. The van der Waals surface area contributed by atoms with E-state index in [0.29, 0.717) is 35.5 Å². The normalized spacial score (nSPS) is 14.6. The first-order valence-electron chi connectivity index (χ1n) is 10.6. The quantitative estimate of drug-likeness (QED) is 0.671. The first-order valence-corrected chi connectivity index (χ1v) is 10.6. The Labute approximate surface area is 187 Å². The van der Waals surface area contributed by atoms with Gasteiger partial charge >= 0.3 is 0 Å². The SMILES string of the molecule is CN(C)c1ccc(NC(=O)c2cc3c(n(-c4ccccc4)c2=O)CC(C)(C)CC3=O)cc1. The molecule has 0 spiro atoms. The van der Waals surface area contributed by atoms with Gasteiger partial charge in [0.15, 0.2) is 5.78 Å². The smallest absolute Gasteiger partial charge is 0.268 e. The third-order valence-corrected chi connectivity index (χ3v) is 5.79. The van der Waals surface area contributed by atoms with Crippen molar-refractivity contribution in [3.8, 4) is 5.69 Å². The van der Waals surface area contributed by atoms with E-state index < -0.39 is 11.5 Å². The van der Waals surface area contributed by atoms with Gasteiger partial charge in [0.2, 0.25) is 0 Å². The van der Waals surface area contributed by atoms with Crippen LogP contribution in [0.25, 0.3) is 5.69 Å². The minimum atomic E-state index is -0.530. The Morgan fingerprint density at radius 1 is 0.969 bits per heavy atom. The third-order valence-electron chi connectivity index (χ3n) is 5.79. The van der Waals surface area contributed by atoms with Crippen molar-refractivity contribution in [2.45, 2.75) is 26.7 Å². The van der Waals surface area contributed by atoms with Crippen molar-refractivity contribution >= 4 is 23.1 Å². The fraction of sp³-hybridized carbons (Fsp3) is 0.269. The molecule has 2 aromatic carbocycles. The summed E-state index contributed by atoms with van der Waals surface area (Å²) in [5, 5.41) is 2.80. The summed E-state index contributed by atoms with van der Waals surface area (Å²) in [6.07, 6.45) is 0.951. The maximum atomic E-state index is 13.5. The molecule has 6 heteroatoms. The van der Waals surface area contributed by atoms with Gasteiger partial charge in [0.05, 0.1) is 0 Å². The number of carbonyl (C=O) groups is 2. The lowest BCUT2D eigenvalue weighted by Crippen LogP contribution is -2.37. The van der Waals surface area contributed by atoms with Gasteiger partial charge in [-0.25, -0.2) is 0 Å². The molecule has 1 aromatic heterocycles. The number of rotatable bonds is 4. The zero-order valence-electron chi connectivity index (χ0n) is 18.8. The maximum Gasteiger partial charge on any atom is 0.268 e. The maximum absolute atomic E-state index is 13.5. The molecule has 1 aliphatic carbocycles. The van der Waals surface area contributed by atoms with Crippen LogP contribution in [0.5, 0.6) is 0 Å². The number of Topliss-reactive ketones (excluding diaryl/α,β-unsaturated/α-hetero) is 1. The average molecular weight is 430 g/mol. The van der Waals surface area contributed by atoms with Crippen molar-refractivity contribution in [3.05, 3.63) is 87.8 Å². The number of nitrogens with zero attached hydrogens (tertiary/aromatic N) is 2. The number of pyridine rings is 1. The summed E-state index contributed by atoms with van der Waals surface area (Å²) >= 11 is 0. The van der Waals surface area contributed by atoms with Crippen LogP contribution in [0.2, 0.25) is 0 Å². The molecule has 0 atom stereocenters. The number of anilines is 2. The van der Waals surface area contributed by atoms with E-state index in [4.69, 9.17) is 0 Å². The lowest BCUT2D eigenvalue weighted by molar-refractivity contribution is 0.0909. The van der Waals surface area contributed by atoms with Crippen LogP contribution in [-0.2, 0) is 6.42 Å². The molecule has 0 unspecified atom stereocenters. The van der Waals surface area contributed by atoms with Crippen LogP contribution in [0.15, 0.2) is 65.5 Å². The van der Waals surface area contributed by atoms with E-state index in [0.717, 1.165) is 5.69 Å². The van der Waals surface area contributed by atoms with Gasteiger partial charge in [0.1, 0.15) is 5.56 Å². The predicted octanol–water partition coefficient (Wildman–Crippen LogP) is 4.31. The van der Waals surface area contributed by atoms with Crippen LogP contribution >= 0.6 is 0 Å². The highest BCUT2D eigenvalue weighted by atomic mass is 16.2. The zero-order valence-corrected chi connectivity index (χ0v) is 18.8. The Bertz CT molecular complexity index is 1240. The second kappa shape index (κ2) is 8.11. The monoisotopic (exact) mass is 429 g/mol. The molecule has 3 aromatic rings. The molecule has 0 fully saturated rings. The van der Waals surface area contributed by atoms with E-state index in [1.807, 2.05) is 75.3 Å². The summed E-state index contributed by atoms with van der Waals surface area (Å²) in [5.74, 6) is -0.581. The highest BCUT2D eigenvalue weighted by Gasteiger charge is 2.35. The average Bonchev–Trinajstić information content (AvgIpc) is 2.73. The van der Waals surface area contributed by atoms with Crippen LogP contribution in [-0.4, -0.2) is 30.4 Å². The van der Waals surface area contributed by atoms with E-state index in [1.165, 1.54) is 10.6 Å². The Hall–Kier alpha value is -3.67. The number of ketones is 1. The molecule has 1 aliphatic rings. The van der Waals surface area contributed by atoms with Gasteiger partial charge in [-0.05, 0) is 54.3 Å². The fourth-order valence-electron chi connectivity index (χ4n) is 4.17. The topological polar surface area (TPSA) is 71.4 Å². The molecular formula is C26H27N3O3. The number of benzene rings is 2. The summed E-state index contributed by atoms with van der Waals surface area (Å²) in [4.78, 5) is 41.6. The van der Waals surface area contributed by atoms with E-state index in [2.05, 4.69) is 5.32 Å². The highest BCUT2D eigenvalue weighted by molar-refractivity contribution is 6.07. The number of hydrogen-bond acceptors (Lipinski definition) is 4. The lowest BCUT2D eigenvalue weighted by Gasteiger charge is -2.32. The summed E-state index contributed by atoms with van der Waals surface area (Å²) in [6.45, 7) is 4.04. The Balaban J connectivity index is 1.81. The number of amides is 1. The first kappa shape index (κ1) is 21.6. The second-order valence-corrected chi connectivity index (χ2v) is 9.23. The van der Waals surface area contributed by atoms with Crippen LogP contribution in [0, 0.1) is 5.41 Å². The standard InChI is InChI=1S/C26H27N3O3/c1-26(2)15-22-20(23(30)16-26)14-21(25(32)29(22)19-8-6-5-7-9-19)24(31)27-17-10-12-18(13-11-17)28(3)4/h5-14H,15-16H2,1-4H3,(H,27,31). The summed E-state index contributed by atoms with van der Waals surface area (Å²) in [6, 6.07) is 18.0. The molecule has 4 rings (SSSR count). The van der Waals surface area contributed by atoms with Gasteiger partial charge in [0.25, 0.3) is 11.5 Å². The summed E-state index contributed by atoms with van der Waals surface area (Å²) in [5.41, 5.74) is 2.60. The first-order chi connectivity index (χ1) is 15.2. The van der Waals surface area contributed by atoms with E-state index in [1.54, 1.807) is 12.1 Å². The van der Waals surface area contributed by atoms with Gasteiger partial charge in [0, 0.05) is 48.8 Å². The second-order valence-electron chi connectivity index (χ2n) is 9.23. The van der Waals surface area contributed by atoms with Gasteiger partial charge in [-0.3, -0.25) is 19.0 Å². The molecule has 32 heavy (non-hydrogen) atoms. The molecule has 0 aliphatic heterocycles. The zero-order chi connectivity index (χ0) is 23.0. The molecular weight excluding hydrogens is 402 g/mol. The predicted molar refractivity (Wildman–Crippen MR) is 127 cm³/mol. The Morgan fingerprint density at radius 2 is 1.62 bits per heavy atom. The Morgan fingerprint density at radius 3 is 2.25 bits per heavy atom. The van der Waals surface area contributed by atoms with Crippen LogP contribution in [0.1, 0.15) is 46.7 Å². The Kier molecular flexibility index (Phi) is 5.46. The fourth-order valence-corrected chi connectivity index (χ4v) is 4.17. The van der Waals surface area contributed by atoms with E-state index in [9.17, 15) is 14.4 Å². The molecule has 0 saturated heterocycles. The molecule has 1 N–H and O–H groups in total. The van der Waals surface area contributed by atoms with Crippen molar-refractivity contribution in [3.63, 3.8) is 0 Å². The third kappa shape index (κ3) is 4.08. The van der Waals surface area contributed by atoms with Crippen LogP contribution in [0.4, 0.5) is 11.4 Å². The molecule has 164 valence electrons. The van der Waals surface area contributed by atoms with Crippen molar-refractivity contribution < 1.29 is 9.59 Å². The van der Waals surface area contributed by atoms with Crippen molar-refractivity contribution in [2.24, 2.45) is 5.41 Å². The number of nitrogens with one attached hydrogen (secondary N) is 1. The van der Waals surface area contributed by atoms with Gasteiger partial charge in [-0.15, -0.1) is 0 Å². The van der Waals surface area contributed by atoms with Crippen molar-refractivity contribution in [1.82, 2.24) is 4.57 Å². The van der Waals surface area contributed by atoms with Gasteiger partial charge < -0.3 is 10.2 Å². The van der Waals surface area contributed by atoms with E-state index >= 15 is 0 Å². The molecule has 1 heterocycles. The lowest BCUT2D eigenvalue weighted by atomic mass is 9.75. The number of hydrogen-bond donors (Lipinski definition) is 1. The minimum absolute atomic E-state index is 0.0441. The van der Waals surface area contributed by atoms with Crippen LogP contribution in [0.3, 0.4) is 0 Å².